The molecule has 19 heavy (non-hydrogen) atoms. The van der Waals surface area contributed by atoms with Gasteiger partial charge in [0, 0.05) is 32.0 Å². The standard InChI is InChI=1S/C13H20N2O3S/c1-10-12(14)4-3-5-13(10)19(16,17)15(2)11-6-8-18-9-7-11/h3-5,11H,6-9,14H2,1-2H3. The van der Waals surface area contributed by atoms with E-state index in [1.54, 1.807) is 32.2 Å². The Morgan fingerprint density at radius 3 is 2.58 bits per heavy atom. The molecule has 0 bridgehead atoms. The van der Waals surface area contributed by atoms with Crippen LogP contribution in [0.5, 0.6) is 0 Å². The predicted octanol–water partition coefficient (Wildman–Crippen LogP) is 1.38. The average Bonchev–Trinajstić information content (AvgIpc) is 2.41. The average molecular weight is 284 g/mol. The number of ether oxygens (including phenoxy) is 1. The fourth-order valence-electron chi connectivity index (χ4n) is 2.31. The number of nitrogens with zero attached hydrogens (tertiary/aromatic N) is 1. The van der Waals surface area contributed by atoms with Crippen molar-refractivity contribution >= 4 is 15.7 Å². The summed E-state index contributed by atoms with van der Waals surface area (Å²) in [6.07, 6.45) is 1.47. The van der Waals surface area contributed by atoms with E-state index in [0.29, 0.717) is 29.4 Å². The number of benzene rings is 1. The van der Waals surface area contributed by atoms with Crippen molar-refractivity contribution in [1.29, 1.82) is 0 Å². The summed E-state index contributed by atoms with van der Waals surface area (Å²) in [5.41, 5.74) is 6.91. The molecule has 5 nitrogen and oxygen atoms in total. The fraction of sp³-hybridized carbons (Fsp3) is 0.538. The van der Waals surface area contributed by atoms with Crippen molar-refractivity contribution < 1.29 is 13.2 Å². The molecule has 1 fully saturated rings. The van der Waals surface area contributed by atoms with Gasteiger partial charge in [0.15, 0.2) is 0 Å². The maximum absolute atomic E-state index is 12.6. The van der Waals surface area contributed by atoms with E-state index in [9.17, 15) is 8.42 Å². The van der Waals surface area contributed by atoms with E-state index in [-0.39, 0.29) is 6.04 Å². The van der Waals surface area contributed by atoms with Crippen molar-refractivity contribution in [3.05, 3.63) is 23.8 Å². The SMILES string of the molecule is Cc1c(N)cccc1S(=O)(=O)N(C)C1CCOCC1. The first kappa shape index (κ1) is 14.3. The zero-order valence-electron chi connectivity index (χ0n) is 11.3. The second-order valence-corrected chi connectivity index (χ2v) is 6.80. The van der Waals surface area contributed by atoms with E-state index in [2.05, 4.69) is 0 Å². The highest BCUT2D eigenvalue weighted by Crippen LogP contribution is 2.26. The summed E-state index contributed by atoms with van der Waals surface area (Å²) in [5.74, 6) is 0. The van der Waals surface area contributed by atoms with E-state index in [0.717, 1.165) is 12.8 Å². The summed E-state index contributed by atoms with van der Waals surface area (Å²) in [6.45, 7) is 2.96. The molecule has 1 aromatic carbocycles. The van der Waals surface area contributed by atoms with Crippen LogP contribution >= 0.6 is 0 Å². The molecule has 0 saturated carbocycles. The molecule has 1 heterocycles. The normalized spacial score (nSPS) is 17.8. The Balaban J connectivity index is 2.33. The zero-order valence-corrected chi connectivity index (χ0v) is 12.1. The number of sulfonamides is 1. The Labute approximate surface area is 114 Å². The van der Waals surface area contributed by atoms with Crippen LogP contribution in [0.2, 0.25) is 0 Å². The largest absolute Gasteiger partial charge is 0.398 e. The molecule has 1 saturated heterocycles. The number of anilines is 1. The first-order valence-corrected chi connectivity index (χ1v) is 7.79. The maximum atomic E-state index is 12.6. The van der Waals surface area contributed by atoms with Crippen molar-refractivity contribution in [3.63, 3.8) is 0 Å². The Hall–Kier alpha value is -1.11. The molecule has 106 valence electrons. The molecular formula is C13H20N2O3S. The first-order valence-electron chi connectivity index (χ1n) is 6.35. The molecule has 0 spiro atoms. The van der Waals surface area contributed by atoms with Gasteiger partial charge in [-0.3, -0.25) is 0 Å². The van der Waals surface area contributed by atoms with Crippen LogP contribution in [0.1, 0.15) is 18.4 Å². The lowest BCUT2D eigenvalue weighted by atomic mass is 10.1. The number of nitrogen functional groups attached to an aromatic ring is 1. The van der Waals surface area contributed by atoms with E-state index < -0.39 is 10.0 Å². The van der Waals surface area contributed by atoms with Crippen molar-refractivity contribution in [2.24, 2.45) is 0 Å². The number of hydrogen-bond donors (Lipinski definition) is 1. The quantitative estimate of drug-likeness (QED) is 0.851. The predicted molar refractivity (Wildman–Crippen MR) is 74.4 cm³/mol. The van der Waals surface area contributed by atoms with Crippen molar-refractivity contribution in [1.82, 2.24) is 4.31 Å². The Morgan fingerprint density at radius 2 is 1.95 bits per heavy atom. The third kappa shape index (κ3) is 2.75. The maximum Gasteiger partial charge on any atom is 0.243 e. The van der Waals surface area contributed by atoms with Crippen LogP contribution in [0, 0.1) is 6.92 Å². The summed E-state index contributed by atoms with van der Waals surface area (Å²) in [7, 11) is -1.86. The Morgan fingerprint density at radius 1 is 1.32 bits per heavy atom. The molecule has 0 aromatic heterocycles. The molecule has 1 aromatic rings. The lowest BCUT2D eigenvalue weighted by molar-refractivity contribution is 0.0632. The summed E-state index contributed by atoms with van der Waals surface area (Å²) in [4.78, 5) is 0.293. The van der Waals surface area contributed by atoms with Gasteiger partial charge in [-0.25, -0.2) is 8.42 Å². The third-order valence-electron chi connectivity index (χ3n) is 3.69. The van der Waals surface area contributed by atoms with Gasteiger partial charge in [-0.05, 0) is 37.5 Å². The van der Waals surface area contributed by atoms with Crippen LogP contribution in [0.4, 0.5) is 5.69 Å². The molecular weight excluding hydrogens is 264 g/mol. The molecule has 2 N–H and O–H groups in total. The molecule has 1 aliphatic heterocycles. The van der Waals surface area contributed by atoms with Gasteiger partial charge in [0.1, 0.15) is 0 Å². The second kappa shape index (κ2) is 5.48. The van der Waals surface area contributed by atoms with Gasteiger partial charge >= 0.3 is 0 Å². The molecule has 0 atom stereocenters. The highest BCUT2D eigenvalue weighted by molar-refractivity contribution is 7.89. The molecule has 0 unspecified atom stereocenters. The monoisotopic (exact) mass is 284 g/mol. The Bertz CT molecular complexity index is 551. The minimum atomic E-state index is -3.49. The molecule has 0 radical (unpaired) electrons. The Kier molecular flexibility index (Phi) is 4.13. The van der Waals surface area contributed by atoms with E-state index in [1.807, 2.05) is 0 Å². The lowest BCUT2D eigenvalue weighted by Crippen LogP contribution is -2.40. The van der Waals surface area contributed by atoms with Gasteiger partial charge in [-0.15, -0.1) is 0 Å². The molecule has 0 amide bonds. The fourth-order valence-corrected chi connectivity index (χ4v) is 3.98. The topological polar surface area (TPSA) is 72.6 Å². The molecule has 0 aliphatic carbocycles. The van der Waals surface area contributed by atoms with Crippen LogP contribution < -0.4 is 5.73 Å². The van der Waals surface area contributed by atoms with Crippen molar-refractivity contribution in [2.45, 2.75) is 30.7 Å². The lowest BCUT2D eigenvalue weighted by Gasteiger charge is -2.30. The molecule has 6 heteroatoms. The number of rotatable bonds is 3. The highest BCUT2D eigenvalue weighted by atomic mass is 32.2. The van der Waals surface area contributed by atoms with Gasteiger partial charge in [0.05, 0.1) is 4.90 Å². The van der Waals surface area contributed by atoms with Crippen molar-refractivity contribution in [2.75, 3.05) is 26.0 Å². The smallest absolute Gasteiger partial charge is 0.243 e. The molecule has 1 aliphatic rings. The van der Waals surface area contributed by atoms with Gasteiger partial charge in [0.2, 0.25) is 10.0 Å². The summed E-state index contributed by atoms with van der Waals surface area (Å²) < 4.78 is 32.0. The first-order chi connectivity index (χ1) is 8.94. The van der Waals surface area contributed by atoms with Crippen LogP contribution in [0.3, 0.4) is 0 Å². The highest BCUT2D eigenvalue weighted by Gasteiger charge is 2.30. The summed E-state index contributed by atoms with van der Waals surface area (Å²) >= 11 is 0. The van der Waals surface area contributed by atoms with Gasteiger partial charge < -0.3 is 10.5 Å². The van der Waals surface area contributed by atoms with Crippen LogP contribution in [0.25, 0.3) is 0 Å². The number of hydrogen-bond acceptors (Lipinski definition) is 4. The van der Waals surface area contributed by atoms with E-state index in [1.165, 1.54) is 4.31 Å². The van der Waals surface area contributed by atoms with E-state index >= 15 is 0 Å². The van der Waals surface area contributed by atoms with Crippen molar-refractivity contribution in [3.8, 4) is 0 Å². The zero-order chi connectivity index (χ0) is 14.0. The second-order valence-electron chi connectivity index (χ2n) is 4.84. The van der Waals surface area contributed by atoms with E-state index in [4.69, 9.17) is 10.5 Å². The van der Waals surface area contributed by atoms with Crippen LogP contribution in [-0.2, 0) is 14.8 Å². The minimum absolute atomic E-state index is 0.000388. The third-order valence-corrected chi connectivity index (χ3v) is 5.74. The van der Waals surface area contributed by atoms with Crippen LogP contribution in [-0.4, -0.2) is 39.0 Å². The van der Waals surface area contributed by atoms with Gasteiger partial charge in [-0.1, -0.05) is 6.07 Å². The molecule has 2 rings (SSSR count). The summed E-state index contributed by atoms with van der Waals surface area (Å²) in [5, 5.41) is 0. The van der Waals surface area contributed by atoms with Gasteiger partial charge in [0.25, 0.3) is 0 Å². The summed E-state index contributed by atoms with van der Waals surface area (Å²) in [6, 6.07) is 4.99. The van der Waals surface area contributed by atoms with Crippen LogP contribution in [0.15, 0.2) is 23.1 Å². The minimum Gasteiger partial charge on any atom is -0.398 e. The van der Waals surface area contributed by atoms with Gasteiger partial charge in [-0.2, -0.15) is 4.31 Å². The number of nitrogens with two attached hydrogens (primary N) is 1.